The molecule has 0 amide bonds. The molecule has 24 heavy (non-hydrogen) atoms. The first-order chi connectivity index (χ1) is 11.7. The minimum Gasteiger partial charge on any atom is -0.493 e. The van der Waals surface area contributed by atoms with Crippen molar-refractivity contribution in [1.29, 1.82) is 0 Å². The van der Waals surface area contributed by atoms with Crippen LogP contribution in [0.2, 0.25) is 0 Å². The standard InChI is InChI=1S/C19H19N3O2/c1-14-11-20-13-19(22-14)21-12-15-7-9-16(10-8-15)24-18-6-4-3-5-17(18)23-2/h3-11,13H,12H2,1-2H3,(H,21,22). The third-order valence-corrected chi connectivity index (χ3v) is 3.45. The van der Waals surface area contributed by atoms with E-state index >= 15 is 0 Å². The lowest BCUT2D eigenvalue weighted by molar-refractivity contribution is 0.379. The number of benzene rings is 2. The van der Waals surface area contributed by atoms with E-state index in [9.17, 15) is 0 Å². The number of nitrogens with one attached hydrogen (secondary N) is 1. The van der Waals surface area contributed by atoms with Gasteiger partial charge in [-0.3, -0.25) is 4.98 Å². The first kappa shape index (κ1) is 15.8. The van der Waals surface area contributed by atoms with Crippen LogP contribution in [0, 0.1) is 6.92 Å². The second kappa shape index (κ2) is 7.46. The van der Waals surface area contributed by atoms with E-state index in [0.29, 0.717) is 18.0 Å². The van der Waals surface area contributed by atoms with E-state index in [1.54, 1.807) is 19.5 Å². The van der Waals surface area contributed by atoms with Gasteiger partial charge in [-0.05, 0) is 36.8 Å². The normalized spacial score (nSPS) is 10.2. The number of nitrogens with zero attached hydrogens (tertiary/aromatic N) is 2. The smallest absolute Gasteiger partial charge is 0.169 e. The summed E-state index contributed by atoms with van der Waals surface area (Å²) < 4.78 is 11.2. The van der Waals surface area contributed by atoms with Crippen molar-refractivity contribution in [2.45, 2.75) is 13.5 Å². The third-order valence-electron chi connectivity index (χ3n) is 3.45. The molecule has 1 aromatic heterocycles. The molecular weight excluding hydrogens is 302 g/mol. The average Bonchev–Trinajstić information content (AvgIpc) is 2.62. The van der Waals surface area contributed by atoms with Gasteiger partial charge in [0.2, 0.25) is 0 Å². The summed E-state index contributed by atoms with van der Waals surface area (Å²) in [5.41, 5.74) is 2.02. The van der Waals surface area contributed by atoms with Gasteiger partial charge in [0.15, 0.2) is 11.5 Å². The monoisotopic (exact) mass is 321 g/mol. The molecule has 0 radical (unpaired) electrons. The van der Waals surface area contributed by atoms with E-state index in [1.165, 1.54) is 0 Å². The number of ether oxygens (including phenoxy) is 2. The van der Waals surface area contributed by atoms with Crippen LogP contribution < -0.4 is 14.8 Å². The van der Waals surface area contributed by atoms with Gasteiger partial charge in [0, 0.05) is 12.7 Å². The largest absolute Gasteiger partial charge is 0.493 e. The predicted molar refractivity (Wildman–Crippen MR) is 93.6 cm³/mol. The van der Waals surface area contributed by atoms with Gasteiger partial charge in [0.25, 0.3) is 0 Å². The lowest BCUT2D eigenvalue weighted by Gasteiger charge is -2.11. The van der Waals surface area contributed by atoms with Gasteiger partial charge in [-0.15, -0.1) is 0 Å². The van der Waals surface area contributed by atoms with Crippen molar-refractivity contribution in [3.63, 3.8) is 0 Å². The highest BCUT2D eigenvalue weighted by molar-refractivity contribution is 5.43. The van der Waals surface area contributed by atoms with Gasteiger partial charge < -0.3 is 14.8 Å². The van der Waals surface area contributed by atoms with Crippen LogP contribution in [0.4, 0.5) is 5.82 Å². The first-order valence-electron chi connectivity index (χ1n) is 7.67. The molecule has 2 aromatic carbocycles. The van der Waals surface area contributed by atoms with Crippen molar-refractivity contribution in [3.8, 4) is 17.2 Å². The van der Waals surface area contributed by atoms with Gasteiger partial charge in [-0.2, -0.15) is 0 Å². The third kappa shape index (κ3) is 4.01. The molecule has 0 aliphatic heterocycles. The van der Waals surface area contributed by atoms with E-state index in [1.807, 2.05) is 55.5 Å². The molecule has 0 spiro atoms. The quantitative estimate of drug-likeness (QED) is 0.737. The molecule has 5 heteroatoms. The molecular formula is C19H19N3O2. The number of hydrogen-bond acceptors (Lipinski definition) is 5. The lowest BCUT2D eigenvalue weighted by Crippen LogP contribution is -2.02. The molecule has 122 valence electrons. The van der Waals surface area contributed by atoms with Crippen LogP contribution in [0.5, 0.6) is 17.2 Å². The molecule has 0 aliphatic carbocycles. The predicted octanol–water partition coefficient (Wildman–Crippen LogP) is 4.20. The molecule has 1 N–H and O–H groups in total. The fourth-order valence-electron chi connectivity index (χ4n) is 2.25. The molecule has 1 heterocycles. The first-order valence-corrected chi connectivity index (χ1v) is 7.67. The molecule has 0 saturated carbocycles. The SMILES string of the molecule is COc1ccccc1Oc1ccc(CNc2cncc(C)n2)cc1. The number of aryl methyl sites for hydroxylation is 1. The zero-order valence-electron chi connectivity index (χ0n) is 13.7. The highest BCUT2D eigenvalue weighted by Gasteiger charge is 2.04. The van der Waals surface area contributed by atoms with E-state index in [-0.39, 0.29) is 0 Å². The highest BCUT2D eigenvalue weighted by atomic mass is 16.5. The summed E-state index contributed by atoms with van der Waals surface area (Å²) in [4.78, 5) is 8.49. The molecule has 0 bridgehead atoms. The van der Waals surface area contributed by atoms with Crippen molar-refractivity contribution in [3.05, 3.63) is 72.2 Å². The summed E-state index contributed by atoms with van der Waals surface area (Å²) in [6.45, 7) is 2.59. The van der Waals surface area contributed by atoms with Crippen LogP contribution in [0.25, 0.3) is 0 Å². The maximum absolute atomic E-state index is 5.87. The minimum atomic E-state index is 0.674. The summed E-state index contributed by atoms with van der Waals surface area (Å²) in [6, 6.07) is 15.5. The number of aromatic nitrogens is 2. The van der Waals surface area contributed by atoms with Crippen LogP contribution in [0.1, 0.15) is 11.3 Å². The topological polar surface area (TPSA) is 56.3 Å². The summed E-state index contributed by atoms with van der Waals surface area (Å²) in [6.07, 6.45) is 3.45. The molecule has 0 fully saturated rings. The Hall–Kier alpha value is -3.08. The fraction of sp³-hybridized carbons (Fsp3) is 0.158. The molecule has 0 unspecified atom stereocenters. The summed E-state index contributed by atoms with van der Waals surface area (Å²) >= 11 is 0. The molecule has 5 nitrogen and oxygen atoms in total. The summed E-state index contributed by atoms with van der Waals surface area (Å²) in [7, 11) is 1.63. The van der Waals surface area contributed by atoms with Gasteiger partial charge in [0.05, 0.1) is 19.0 Å². The Balaban J connectivity index is 1.63. The Bertz CT molecular complexity index is 804. The zero-order chi connectivity index (χ0) is 16.8. The van der Waals surface area contributed by atoms with Gasteiger partial charge in [-0.25, -0.2) is 4.98 Å². The molecule has 3 rings (SSSR count). The number of anilines is 1. The van der Waals surface area contributed by atoms with Crippen molar-refractivity contribution >= 4 is 5.82 Å². The van der Waals surface area contributed by atoms with Crippen molar-refractivity contribution in [1.82, 2.24) is 9.97 Å². The number of hydrogen-bond donors (Lipinski definition) is 1. The molecule has 3 aromatic rings. The van der Waals surface area contributed by atoms with E-state index in [2.05, 4.69) is 15.3 Å². The summed E-state index contributed by atoms with van der Waals surface area (Å²) in [5, 5.41) is 3.25. The second-order valence-corrected chi connectivity index (χ2v) is 5.30. The Morgan fingerprint density at radius 1 is 0.958 bits per heavy atom. The van der Waals surface area contributed by atoms with Crippen molar-refractivity contribution < 1.29 is 9.47 Å². The highest BCUT2D eigenvalue weighted by Crippen LogP contribution is 2.30. The van der Waals surface area contributed by atoms with Crippen LogP contribution in [0.3, 0.4) is 0 Å². The minimum absolute atomic E-state index is 0.674. The molecule has 0 aliphatic rings. The molecule has 0 saturated heterocycles. The van der Waals surface area contributed by atoms with Crippen LogP contribution in [-0.2, 0) is 6.54 Å². The van der Waals surface area contributed by atoms with Gasteiger partial charge in [0.1, 0.15) is 11.6 Å². The zero-order valence-corrected chi connectivity index (χ0v) is 13.7. The number of rotatable bonds is 6. The number of methoxy groups -OCH3 is 1. The Morgan fingerprint density at radius 2 is 1.71 bits per heavy atom. The van der Waals surface area contributed by atoms with Gasteiger partial charge in [-0.1, -0.05) is 24.3 Å². The van der Waals surface area contributed by atoms with E-state index < -0.39 is 0 Å². The van der Waals surface area contributed by atoms with E-state index in [4.69, 9.17) is 9.47 Å². The fourth-order valence-corrected chi connectivity index (χ4v) is 2.25. The molecule has 0 atom stereocenters. The number of para-hydroxylation sites is 2. The average molecular weight is 321 g/mol. The van der Waals surface area contributed by atoms with Gasteiger partial charge >= 0.3 is 0 Å². The van der Waals surface area contributed by atoms with Crippen LogP contribution in [-0.4, -0.2) is 17.1 Å². The lowest BCUT2D eigenvalue weighted by atomic mass is 10.2. The van der Waals surface area contributed by atoms with Crippen LogP contribution >= 0.6 is 0 Å². The van der Waals surface area contributed by atoms with Crippen molar-refractivity contribution in [2.75, 3.05) is 12.4 Å². The second-order valence-electron chi connectivity index (χ2n) is 5.30. The maximum atomic E-state index is 5.87. The maximum Gasteiger partial charge on any atom is 0.169 e. The summed E-state index contributed by atoms with van der Waals surface area (Å²) in [5.74, 6) is 2.94. The van der Waals surface area contributed by atoms with Crippen LogP contribution in [0.15, 0.2) is 60.9 Å². The Labute approximate surface area is 141 Å². The van der Waals surface area contributed by atoms with Crippen molar-refractivity contribution in [2.24, 2.45) is 0 Å². The van der Waals surface area contributed by atoms with E-state index in [0.717, 1.165) is 22.8 Å². The Morgan fingerprint density at radius 3 is 2.42 bits per heavy atom. The Kier molecular flexibility index (Phi) is 4.91.